The Kier molecular flexibility index (Phi) is 16.9. The Morgan fingerprint density at radius 1 is 0.826 bits per heavy atom. The normalized spacial score (nSPS) is 11.1. The van der Waals surface area contributed by atoms with E-state index in [4.69, 9.17) is 10.0 Å². The highest BCUT2D eigenvalue weighted by Gasteiger charge is 2.14. The molecule has 2 N–H and O–H groups in total. The second-order valence-electron chi connectivity index (χ2n) is 6.15. The fourth-order valence-electron chi connectivity index (χ4n) is 2.52. The van der Waals surface area contributed by atoms with Crippen molar-refractivity contribution in [3.8, 4) is 0 Å². The van der Waals surface area contributed by atoms with E-state index in [2.05, 4.69) is 23.7 Å². The van der Waals surface area contributed by atoms with Crippen LogP contribution in [-0.2, 0) is 9.45 Å². The third kappa shape index (κ3) is 19.1. The lowest BCUT2D eigenvalue weighted by molar-refractivity contribution is -0.137. The lowest BCUT2D eigenvalue weighted by atomic mass is 10.1. The quantitative estimate of drug-likeness (QED) is 0.248. The SMILES string of the molecule is CCCCCCCCC=CCCCCCCCC(=O)OB(O)O. The van der Waals surface area contributed by atoms with Crippen LogP contribution in [0.25, 0.3) is 0 Å². The molecule has 0 heterocycles. The molecule has 0 fully saturated rings. The van der Waals surface area contributed by atoms with Crippen LogP contribution in [0.4, 0.5) is 0 Å². The van der Waals surface area contributed by atoms with Crippen molar-refractivity contribution in [1.29, 1.82) is 0 Å². The van der Waals surface area contributed by atoms with Crippen LogP contribution in [0.1, 0.15) is 96.8 Å². The molecule has 0 radical (unpaired) electrons. The van der Waals surface area contributed by atoms with Gasteiger partial charge in [0.25, 0.3) is 5.97 Å². The van der Waals surface area contributed by atoms with Crippen LogP contribution >= 0.6 is 0 Å². The first-order valence-corrected chi connectivity index (χ1v) is 9.37. The van der Waals surface area contributed by atoms with Crippen molar-refractivity contribution in [3.05, 3.63) is 12.2 Å². The highest BCUT2D eigenvalue weighted by Crippen LogP contribution is 2.10. The van der Waals surface area contributed by atoms with Gasteiger partial charge in [0.1, 0.15) is 0 Å². The molecule has 0 aliphatic rings. The van der Waals surface area contributed by atoms with Crippen molar-refractivity contribution in [1.82, 2.24) is 0 Å². The molecular weight excluding hydrogens is 291 g/mol. The van der Waals surface area contributed by atoms with E-state index in [1.165, 1.54) is 57.8 Å². The monoisotopic (exact) mass is 326 g/mol. The molecule has 0 aliphatic heterocycles. The molecule has 0 amide bonds. The van der Waals surface area contributed by atoms with Crippen molar-refractivity contribution >= 4 is 13.3 Å². The average molecular weight is 326 g/mol. The van der Waals surface area contributed by atoms with Crippen LogP contribution in [0.15, 0.2) is 12.2 Å². The van der Waals surface area contributed by atoms with Crippen LogP contribution in [0.2, 0.25) is 0 Å². The standard InChI is InChI=1S/C18H35BO4/c1-2-3-4-5-6-7-8-9-10-11-12-13-14-15-16-17-18(20)23-19(21)22/h9-10,21-22H,2-8,11-17H2,1H3. The number of unbranched alkanes of at least 4 members (excludes halogenated alkanes) is 11. The van der Waals surface area contributed by atoms with E-state index in [1.807, 2.05) is 0 Å². The molecule has 5 heteroatoms. The van der Waals surface area contributed by atoms with Gasteiger partial charge in [-0.2, -0.15) is 0 Å². The second-order valence-corrected chi connectivity index (χ2v) is 6.15. The lowest BCUT2D eigenvalue weighted by Crippen LogP contribution is -2.21. The van der Waals surface area contributed by atoms with Gasteiger partial charge in [-0.05, 0) is 32.1 Å². The summed E-state index contributed by atoms with van der Waals surface area (Å²) in [4.78, 5) is 11.0. The van der Waals surface area contributed by atoms with E-state index >= 15 is 0 Å². The highest BCUT2D eigenvalue weighted by molar-refractivity contribution is 6.35. The summed E-state index contributed by atoms with van der Waals surface area (Å²) in [6, 6.07) is 0. The molecule has 0 aromatic heterocycles. The predicted molar refractivity (Wildman–Crippen MR) is 95.7 cm³/mol. The van der Waals surface area contributed by atoms with E-state index < -0.39 is 13.3 Å². The van der Waals surface area contributed by atoms with E-state index in [1.54, 1.807) is 0 Å². The van der Waals surface area contributed by atoms with Gasteiger partial charge < -0.3 is 14.7 Å². The smallest absolute Gasteiger partial charge is 0.485 e. The van der Waals surface area contributed by atoms with Gasteiger partial charge in [-0.25, -0.2) is 0 Å². The average Bonchev–Trinajstić information content (AvgIpc) is 2.50. The molecule has 0 aliphatic carbocycles. The van der Waals surface area contributed by atoms with Gasteiger partial charge in [-0.15, -0.1) is 0 Å². The summed E-state index contributed by atoms with van der Waals surface area (Å²) in [6.45, 7) is 2.25. The number of carbonyl (C=O) groups excluding carboxylic acids is 1. The summed E-state index contributed by atoms with van der Waals surface area (Å²) < 4.78 is 4.23. The van der Waals surface area contributed by atoms with E-state index in [-0.39, 0.29) is 6.42 Å². The minimum absolute atomic E-state index is 0.260. The van der Waals surface area contributed by atoms with Crippen molar-refractivity contribution in [3.63, 3.8) is 0 Å². The van der Waals surface area contributed by atoms with Gasteiger partial charge in [0.2, 0.25) is 0 Å². The van der Waals surface area contributed by atoms with E-state index in [9.17, 15) is 4.79 Å². The van der Waals surface area contributed by atoms with Crippen LogP contribution in [0.5, 0.6) is 0 Å². The van der Waals surface area contributed by atoms with Gasteiger partial charge in [-0.3, -0.25) is 4.79 Å². The summed E-state index contributed by atoms with van der Waals surface area (Å²) >= 11 is 0. The number of rotatable bonds is 16. The largest absolute Gasteiger partial charge is 0.709 e. The molecule has 0 bridgehead atoms. The summed E-state index contributed by atoms with van der Waals surface area (Å²) in [6.07, 6.45) is 20.6. The molecule has 0 spiro atoms. The molecule has 0 aromatic rings. The molecule has 0 rings (SSSR count). The number of hydrogen-bond donors (Lipinski definition) is 2. The zero-order valence-corrected chi connectivity index (χ0v) is 14.8. The second kappa shape index (κ2) is 17.5. The van der Waals surface area contributed by atoms with Gasteiger partial charge in [0.15, 0.2) is 0 Å². The zero-order valence-electron chi connectivity index (χ0n) is 14.8. The maximum atomic E-state index is 11.0. The van der Waals surface area contributed by atoms with Crippen molar-refractivity contribution in [2.24, 2.45) is 0 Å². The minimum atomic E-state index is -1.98. The minimum Gasteiger partial charge on any atom is -0.485 e. The third-order valence-electron chi connectivity index (χ3n) is 3.88. The van der Waals surface area contributed by atoms with Gasteiger partial charge in [-0.1, -0.05) is 70.4 Å². The highest BCUT2D eigenvalue weighted by atomic mass is 16.6. The third-order valence-corrected chi connectivity index (χ3v) is 3.88. The Bertz CT molecular complexity index is 293. The number of allylic oxidation sites excluding steroid dienone is 2. The molecule has 134 valence electrons. The fourth-order valence-corrected chi connectivity index (χ4v) is 2.52. The van der Waals surface area contributed by atoms with E-state index in [0.717, 1.165) is 25.7 Å². The van der Waals surface area contributed by atoms with Crippen molar-refractivity contribution in [2.45, 2.75) is 96.8 Å². The molecule has 0 saturated heterocycles. The molecular formula is C18H35BO4. The van der Waals surface area contributed by atoms with Crippen LogP contribution in [0, 0.1) is 0 Å². The summed E-state index contributed by atoms with van der Waals surface area (Å²) in [5, 5.41) is 16.9. The Hall–Kier alpha value is -0.805. The summed E-state index contributed by atoms with van der Waals surface area (Å²) in [5.74, 6) is -0.544. The first kappa shape index (κ1) is 22.2. The van der Waals surface area contributed by atoms with Crippen LogP contribution in [-0.4, -0.2) is 23.3 Å². The Morgan fingerprint density at radius 2 is 1.30 bits per heavy atom. The fraction of sp³-hybridized carbons (Fsp3) is 0.833. The molecule has 4 nitrogen and oxygen atoms in total. The van der Waals surface area contributed by atoms with Crippen LogP contribution in [0.3, 0.4) is 0 Å². The molecule has 0 unspecified atom stereocenters. The van der Waals surface area contributed by atoms with Crippen molar-refractivity contribution < 1.29 is 19.5 Å². The van der Waals surface area contributed by atoms with Gasteiger partial charge in [0.05, 0.1) is 0 Å². The van der Waals surface area contributed by atoms with Gasteiger partial charge in [0, 0.05) is 6.42 Å². The molecule has 0 saturated carbocycles. The summed E-state index contributed by atoms with van der Waals surface area (Å²) in [5.41, 5.74) is 0. The molecule has 23 heavy (non-hydrogen) atoms. The zero-order chi connectivity index (χ0) is 17.2. The maximum absolute atomic E-state index is 11.0. The topological polar surface area (TPSA) is 66.8 Å². The van der Waals surface area contributed by atoms with E-state index in [0.29, 0.717) is 0 Å². The molecule has 0 aromatic carbocycles. The maximum Gasteiger partial charge on any atom is 0.709 e. The first-order chi connectivity index (χ1) is 11.2. The first-order valence-electron chi connectivity index (χ1n) is 9.37. The number of carbonyl (C=O) groups is 1. The van der Waals surface area contributed by atoms with Crippen LogP contribution < -0.4 is 0 Å². The van der Waals surface area contributed by atoms with Gasteiger partial charge >= 0.3 is 7.32 Å². The van der Waals surface area contributed by atoms with Crippen molar-refractivity contribution in [2.75, 3.05) is 0 Å². The Morgan fingerprint density at radius 3 is 1.83 bits per heavy atom. The Balaban J connectivity index is 3.18. The number of hydrogen-bond acceptors (Lipinski definition) is 4. The molecule has 0 atom stereocenters. The lowest BCUT2D eigenvalue weighted by Gasteiger charge is -2.03. The Labute approximate surface area is 142 Å². The summed E-state index contributed by atoms with van der Waals surface area (Å²) in [7, 11) is -1.98. The predicted octanol–water partition coefficient (Wildman–Crippen LogP) is 4.54.